The third kappa shape index (κ3) is 2.88. The number of H-pyrrole nitrogens is 1. The number of aryl methyl sites for hydroxylation is 1. The molecule has 1 aromatic heterocycles. The lowest BCUT2D eigenvalue weighted by molar-refractivity contribution is 0.0519. The lowest BCUT2D eigenvalue weighted by Gasteiger charge is -2.05. The molecule has 5 nitrogen and oxygen atoms in total. The maximum Gasteiger partial charge on any atom is 0.355 e. The van der Waals surface area contributed by atoms with Gasteiger partial charge < -0.3 is 14.5 Å². The van der Waals surface area contributed by atoms with Gasteiger partial charge in [0.05, 0.1) is 13.7 Å². The largest absolute Gasteiger partial charge is 0.497 e. The second-order valence-electron chi connectivity index (χ2n) is 4.91. The molecule has 0 saturated heterocycles. The SMILES string of the molecule is CCOC(=O)c1[nH]c(C)c(C(=O)c2cccc(OC)c2)c1C. The Morgan fingerprint density at radius 2 is 1.95 bits per heavy atom. The summed E-state index contributed by atoms with van der Waals surface area (Å²) in [6, 6.07) is 6.94. The van der Waals surface area contributed by atoms with Gasteiger partial charge in [0.2, 0.25) is 0 Å². The van der Waals surface area contributed by atoms with Crippen LogP contribution in [0, 0.1) is 13.8 Å². The summed E-state index contributed by atoms with van der Waals surface area (Å²) in [5, 5.41) is 0. The molecule has 22 heavy (non-hydrogen) atoms. The van der Waals surface area contributed by atoms with Crippen molar-refractivity contribution in [2.24, 2.45) is 0 Å². The molecule has 5 heteroatoms. The molecule has 0 bridgehead atoms. The summed E-state index contributed by atoms with van der Waals surface area (Å²) in [5.41, 5.74) is 2.58. The van der Waals surface area contributed by atoms with Crippen molar-refractivity contribution in [3.8, 4) is 5.75 Å². The molecule has 0 atom stereocenters. The molecule has 0 fully saturated rings. The van der Waals surface area contributed by atoms with Crippen LogP contribution in [0.4, 0.5) is 0 Å². The molecule has 0 spiro atoms. The van der Waals surface area contributed by atoms with Gasteiger partial charge in [0.15, 0.2) is 5.78 Å². The van der Waals surface area contributed by atoms with Gasteiger partial charge in [0.1, 0.15) is 11.4 Å². The number of ketones is 1. The minimum absolute atomic E-state index is 0.152. The number of aromatic nitrogens is 1. The van der Waals surface area contributed by atoms with Crippen molar-refractivity contribution < 1.29 is 19.1 Å². The van der Waals surface area contributed by atoms with Crippen LogP contribution in [0.25, 0.3) is 0 Å². The number of hydrogen-bond donors (Lipinski definition) is 1. The molecule has 1 N–H and O–H groups in total. The van der Waals surface area contributed by atoms with Gasteiger partial charge in [-0.2, -0.15) is 0 Å². The molecule has 116 valence electrons. The number of benzene rings is 1. The van der Waals surface area contributed by atoms with Crippen molar-refractivity contribution in [1.82, 2.24) is 4.98 Å². The van der Waals surface area contributed by atoms with E-state index in [1.165, 1.54) is 0 Å². The molecule has 1 heterocycles. The van der Waals surface area contributed by atoms with E-state index in [0.29, 0.717) is 33.8 Å². The number of carbonyl (C=O) groups is 2. The minimum atomic E-state index is -0.451. The Balaban J connectivity index is 2.44. The monoisotopic (exact) mass is 301 g/mol. The van der Waals surface area contributed by atoms with Gasteiger partial charge >= 0.3 is 5.97 Å². The van der Waals surface area contributed by atoms with Crippen LogP contribution in [0.5, 0.6) is 5.75 Å². The quantitative estimate of drug-likeness (QED) is 0.681. The summed E-state index contributed by atoms with van der Waals surface area (Å²) in [6.45, 7) is 5.53. The van der Waals surface area contributed by atoms with E-state index in [2.05, 4.69) is 4.98 Å². The molecule has 1 aromatic carbocycles. The van der Waals surface area contributed by atoms with E-state index in [1.807, 2.05) is 0 Å². The Morgan fingerprint density at radius 1 is 1.23 bits per heavy atom. The van der Waals surface area contributed by atoms with E-state index in [9.17, 15) is 9.59 Å². The Labute approximate surface area is 129 Å². The zero-order valence-electron chi connectivity index (χ0n) is 13.1. The fourth-order valence-corrected chi connectivity index (χ4v) is 2.41. The summed E-state index contributed by atoms with van der Waals surface area (Å²) in [6.07, 6.45) is 0. The van der Waals surface area contributed by atoms with Crippen molar-refractivity contribution in [3.05, 3.63) is 52.3 Å². The summed E-state index contributed by atoms with van der Waals surface area (Å²) in [5.74, 6) is 0.01000. The highest BCUT2D eigenvalue weighted by Crippen LogP contribution is 2.23. The van der Waals surface area contributed by atoms with E-state index in [-0.39, 0.29) is 12.4 Å². The van der Waals surface area contributed by atoms with E-state index in [4.69, 9.17) is 9.47 Å². The van der Waals surface area contributed by atoms with Gasteiger partial charge in [-0.3, -0.25) is 4.79 Å². The Morgan fingerprint density at radius 3 is 2.59 bits per heavy atom. The second kappa shape index (κ2) is 6.47. The fourth-order valence-electron chi connectivity index (χ4n) is 2.41. The highest BCUT2D eigenvalue weighted by atomic mass is 16.5. The number of rotatable bonds is 5. The summed E-state index contributed by atoms with van der Waals surface area (Å²) < 4.78 is 10.1. The van der Waals surface area contributed by atoms with E-state index >= 15 is 0 Å². The summed E-state index contributed by atoms with van der Waals surface area (Å²) in [4.78, 5) is 27.6. The van der Waals surface area contributed by atoms with Gasteiger partial charge in [0, 0.05) is 16.8 Å². The lowest BCUT2D eigenvalue weighted by Crippen LogP contribution is -2.08. The van der Waals surface area contributed by atoms with Crippen LogP contribution >= 0.6 is 0 Å². The maximum absolute atomic E-state index is 12.7. The Hall–Kier alpha value is -2.56. The fraction of sp³-hybridized carbons (Fsp3) is 0.294. The molecule has 0 saturated carbocycles. The zero-order chi connectivity index (χ0) is 16.3. The first-order valence-corrected chi connectivity index (χ1v) is 7.04. The summed E-state index contributed by atoms with van der Waals surface area (Å²) >= 11 is 0. The van der Waals surface area contributed by atoms with Crippen molar-refractivity contribution in [3.63, 3.8) is 0 Å². The van der Waals surface area contributed by atoms with Crippen LogP contribution in [-0.4, -0.2) is 30.5 Å². The maximum atomic E-state index is 12.7. The zero-order valence-corrected chi connectivity index (χ0v) is 13.1. The highest BCUT2D eigenvalue weighted by Gasteiger charge is 2.23. The Bertz CT molecular complexity index is 715. The molecule has 2 rings (SSSR count). The smallest absolute Gasteiger partial charge is 0.355 e. The number of esters is 1. The molecule has 0 aliphatic carbocycles. The molecular formula is C17H19NO4. The highest BCUT2D eigenvalue weighted by molar-refractivity contribution is 6.12. The molecule has 0 unspecified atom stereocenters. The third-order valence-corrected chi connectivity index (χ3v) is 3.48. The van der Waals surface area contributed by atoms with E-state index in [0.717, 1.165) is 0 Å². The van der Waals surface area contributed by atoms with Crippen LogP contribution < -0.4 is 4.74 Å². The molecule has 0 radical (unpaired) electrons. The van der Waals surface area contributed by atoms with Crippen LogP contribution in [-0.2, 0) is 4.74 Å². The van der Waals surface area contributed by atoms with Crippen molar-refractivity contribution in [2.75, 3.05) is 13.7 Å². The topological polar surface area (TPSA) is 68.4 Å². The molecule has 0 amide bonds. The number of nitrogens with one attached hydrogen (secondary N) is 1. The van der Waals surface area contributed by atoms with Crippen LogP contribution in [0.15, 0.2) is 24.3 Å². The van der Waals surface area contributed by atoms with Crippen molar-refractivity contribution in [1.29, 1.82) is 0 Å². The van der Waals surface area contributed by atoms with Crippen LogP contribution in [0.3, 0.4) is 0 Å². The first kappa shape index (κ1) is 15.8. The number of carbonyl (C=O) groups excluding carboxylic acids is 2. The standard InChI is InChI=1S/C17H19NO4/c1-5-22-17(20)15-10(2)14(11(3)18-15)16(19)12-7-6-8-13(9-12)21-4/h6-9,18H,5H2,1-4H3. The van der Waals surface area contributed by atoms with E-state index in [1.54, 1.807) is 52.1 Å². The normalized spacial score (nSPS) is 10.4. The number of aromatic amines is 1. The molecular weight excluding hydrogens is 282 g/mol. The molecule has 0 aliphatic rings. The average Bonchev–Trinajstić information content (AvgIpc) is 2.82. The average molecular weight is 301 g/mol. The second-order valence-corrected chi connectivity index (χ2v) is 4.91. The predicted molar refractivity (Wildman–Crippen MR) is 82.6 cm³/mol. The van der Waals surface area contributed by atoms with E-state index < -0.39 is 5.97 Å². The minimum Gasteiger partial charge on any atom is -0.497 e. The van der Waals surface area contributed by atoms with Crippen LogP contribution in [0.2, 0.25) is 0 Å². The number of ether oxygens (including phenoxy) is 2. The van der Waals surface area contributed by atoms with Crippen molar-refractivity contribution in [2.45, 2.75) is 20.8 Å². The van der Waals surface area contributed by atoms with Gasteiger partial charge in [-0.05, 0) is 38.5 Å². The molecule has 0 aliphatic heterocycles. The first-order chi connectivity index (χ1) is 10.5. The van der Waals surface area contributed by atoms with Gasteiger partial charge in [0.25, 0.3) is 0 Å². The Kier molecular flexibility index (Phi) is 4.65. The van der Waals surface area contributed by atoms with Crippen molar-refractivity contribution >= 4 is 11.8 Å². The molecule has 2 aromatic rings. The first-order valence-electron chi connectivity index (χ1n) is 7.04. The van der Waals surface area contributed by atoms with Crippen LogP contribution in [0.1, 0.15) is 44.6 Å². The van der Waals surface area contributed by atoms with Gasteiger partial charge in [-0.25, -0.2) is 4.79 Å². The lowest BCUT2D eigenvalue weighted by atomic mass is 9.99. The number of hydrogen-bond acceptors (Lipinski definition) is 4. The van der Waals surface area contributed by atoms with Gasteiger partial charge in [-0.15, -0.1) is 0 Å². The predicted octanol–water partition coefficient (Wildman–Crippen LogP) is 3.05. The summed E-state index contributed by atoms with van der Waals surface area (Å²) in [7, 11) is 1.55. The number of methoxy groups -OCH3 is 1. The third-order valence-electron chi connectivity index (χ3n) is 3.48. The van der Waals surface area contributed by atoms with Gasteiger partial charge in [-0.1, -0.05) is 12.1 Å².